The summed E-state index contributed by atoms with van der Waals surface area (Å²) in [6.45, 7) is 2.52. The second-order valence-electron chi connectivity index (χ2n) is 10.6. The molecule has 0 spiro atoms. The summed E-state index contributed by atoms with van der Waals surface area (Å²) in [6, 6.07) is -4.45. The Hall–Kier alpha value is -2.85. The molecule has 0 radical (unpaired) electrons. The van der Waals surface area contributed by atoms with Gasteiger partial charge < -0.3 is 25.4 Å². The second-order valence-corrected chi connectivity index (χ2v) is 11.1. The first-order valence-electron chi connectivity index (χ1n) is 13.5. The van der Waals surface area contributed by atoms with Gasteiger partial charge in [-0.25, -0.2) is 4.98 Å². The van der Waals surface area contributed by atoms with E-state index in [2.05, 4.69) is 15.3 Å². The van der Waals surface area contributed by atoms with Crippen molar-refractivity contribution in [3.8, 4) is 0 Å². The number of aliphatic hydroxyl groups excluding tert-OH is 1. The van der Waals surface area contributed by atoms with Crippen molar-refractivity contribution in [3.05, 3.63) is 23.4 Å². The van der Waals surface area contributed by atoms with Gasteiger partial charge in [-0.3, -0.25) is 14.6 Å². The van der Waals surface area contributed by atoms with Crippen LogP contribution in [0.5, 0.6) is 0 Å². The van der Waals surface area contributed by atoms with Gasteiger partial charge >= 0.3 is 12.4 Å². The number of aliphatic imine (C=N–C) groups is 1. The number of aliphatic hydroxyl groups is 1. The SMILES string of the molecule is CC[C@H](Nc1cc(C(F)(F)F)c(C(=S)C(/N=C(\C)C(=O)N[C@@H]2COC[C@H]2O)C(=O)N2C3CCC2CC3)cn1)C(F)(F)F. The molecule has 3 saturated heterocycles. The van der Waals surface area contributed by atoms with Crippen LogP contribution >= 0.6 is 12.2 Å². The third kappa shape index (κ3) is 6.86. The van der Waals surface area contributed by atoms with Gasteiger partial charge in [0, 0.05) is 23.8 Å². The quantitative estimate of drug-likeness (QED) is 0.167. The van der Waals surface area contributed by atoms with Crippen molar-refractivity contribution >= 4 is 40.4 Å². The minimum absolute atomic E-state index is 0.00408. The van der Waals surface area contributed by atoms with E-state index in [0.717, 1.165) is 0 Å². The van der Waals surface area contributed by atoms with Gasteiger partial charge in [-0.1, -0.05) is 19.1 Å². The van der Waals surface area contributed by atoms with Crippen molar-refractivity contribution in [2.24, 2.45) is 4.99 Å². The van der Waals surface area contributed by atoms with Gasteiger partial charge in [-0.15, -0.1) is 0 Å². The molecule has 16 heteroatoms. The fourth-order valence-electron chi connectivity index (χ4n) is 5.55. The zero-order valence-corrected chi connectivity index (χ0v) is 23.6. The topological polar surface area (TPSA) is 116 Å². The molecule has 232 valence electrons. The standard InChI is InChI=1S/C26H31F6N5O4S/c1-3-19(26(30,31)32)36-20-8-16(25(27,28)29)15(9-33-20)22(42)21(24(40)37-13-4-5-14(37)7-6-13)34-12(2)23(39)35-17-10-41-11-18(17)38/h8-9,13-14,17-19,21,38H,3-7,10-11H2,1-2H3,(H,33,36)(H,35,39)/b34-12+/t13?,14?,17-,18-,19+,21?/m1/s1. The van der Waals surface area contributed by atoms with E-state index in [1.54, 1.807) is 4.90 Å². The lowest BCUT2D eigenvalue weighted by molar-refractivity contribution is -0.143. The van der Waals surface area contributed by atoms with E-state index in [4.69, 9.17) is 17.0 Å². The minimum atomic E-state index is -5.08. The van der Waals surface area contributed by atoms with Crippen LogP contribution in [0.25, 0.3) is 0 Å². The third-order valence-electron chi connectivity index (χ3n) is 7.81. The minimum Gasteiger partial charge on any atom is -0.388 e. The molecule has 3 fully saturated rings. The molecular weight excluding hydrogens is 592 g/mol. The fourth-order valence-corrected chi connectivity index (χ4v) is 5.87. The maximum atomic E-state index is 14.2. The number of carbonyl (C=O) groups excluding carboxylic acids is 2. The van der Waals surface area contributed by atoms with E-state index < -0.39 is 76.6 Å². The number of thiocarbonyl (C=S) groups is 1. The number of fused-ring (bicyclic) bond motifs is 2. The zero-order valence-electron chi connectivity index (χ0n) is 22.8. The predicted octanol–water partition coefficient (Wildman–Crippen LogP) is 3.43. The number of carbonyl (C=O) groups is 2. The number of nitrogens with one attached hydrogen (secondary N) is 2. The van der Waals surface area contributed by atoms with Gasteiger partial charge in [0.05, 0.1) is 41.5 Å². The van der Waals surface area contributed by atoms with Crippen LogP contribution in [-0.2, 0) is 20.5 Å². The van der Waals surface area contributed by atoms with Crippen molar-refractivity contribution in [2.75, 3.05) is 18.5 Å². The number of ether oxygens (including phenoxy) is 1. The molecule has 0 aliphatic carbocycles. The van der Waals surface area contributed by atoms with Crippen molar-refractivity contribution in [1.82, 2.24) is 15.2 Å². The fraction of sp³-hybridized carbons (Fsp3) is 0.654. The Kier molecular flexibility index (Phi) is 9.47. The smallest absolute Gasteiger partial charge is 0.388 e. The Balaban J connectivity index is 1.70. The molecule has 3 aliphatic rings. The summed E-state index contributed by atoms with van der Waals surface area (Å²) in [6.07, 6.45) is -7.71. The maximum Gasteiger partial charge on any atom is 0.417 e. The lowest BCUT2D eigenvalue weighted by Crippen LogP contribution is -2.47. The Morgan fingerprint density at radius 3 is 2.29 bits per heavy atom. The highest BCUT2D eigenvalue weighted by Crippen LogP contribution is 2.39. The van der Waals surface area contributed by atoms with Crippen molar-refractivity contribution in [2.45, 2.75) is 94.6 Å². The van der Waals surface area contributed by atoms with Gasteiger partial charge in [0.25, 0.3) is 11.8 Å². The van der Waals surface area contributed by atoms with Crippen LogP contribution in [0.4, 0.5) is 32.2 Å². The molecule has 4 rings (SSSR count). The molecule has 1 aromatic rings. The molecule has 1 unspecified atom stereocenters. The number of nitrogens with zero attached hydrogens (tertiary/aromatic N) is 3. The summed E-state index contributed by atoms with van der Waals surface area (Å²) in [5.41, 5.74) is -2.37. The Labute approximate surface area is 243 Å². The summed E-state index contributed by atoms with van der Waals surface area (Å²) in [7, 11) is 0. The molecule has 2 bridgehead atoms. The van der Waals surface area contributed by atoms with E-state index >= 15 is 0 Å². The van der Waals surface area contributed by atoms with Crippen LogP contribution in [-0.4, -0.2) is 93.1 Å². The lowest BCUT2D eigenvalue weighted by Gasteiger charge is -2.27. The van der Waals surface area contributed by atoms with E-state index in [1.807, 2.05) is 5.32 Å². The second kappa shape index (κ2) is 12.4. The van der Waals surface area contributed by atoms with Crippen LogP contribution in [0.2, 0.25) is 0 Å². The number of halogens is 6. The van der Waals surface area contributed by atoms with E-state index in [0.29, 0.717) is 37.9 Å². The lowest BCUT2D eigenvalue weighted by atomic mass is 10.00. The molecule has 3 aliphatic heterocycles. The van der Waals surface area contributed by atoms with Crippen LogP contribution in [0.1, 0.15) is 57.1 Å². The number of alkyl halides is 6. The highest BCUT2D eigenvalue weighted by atomic mass is 32.1. The molecular formula is C26H31F6N5O4S. The summed E-state index contributed by atoms with van der Waals surface area (Å²) in [5, 5.41) is 14.4. The number of pyridine rings is 1. The zero-order chi connectivity index (χ0) is 31.0. The number of amides is 2. The van der Waals surface area contributed by atoms with Gasteiger partial charge in [0.15, 0.2) is 6.04 Å². The first-order valence-corrected chi connectivity index (χ1v) is 13.9. The monoisotopic (exact) mass is 623 g/mol. The van der Waals surface area contributed by atoms with Crippen LogP contribution in [0.15, 0.2) is 17.3 Å². The average Bonchev–Trinajstić information content (AvgIpc) is 3.64. The number of aromatic nitrogens is 1. The van der Waals surface area contributed by atoms with Crippen LogP contribution in [0, 0.1) is 0 Å². The molecule has 3 N–H and O–H groups in total. The van der Waals surface area contributed by atoms with E-state index in [9.17, 15) is 41.0 Å². The summed E-state index contributed by atoms with van der Waals surface area (Å²) in [5.74, 6) is -2.12. The van der Waals surface area contributed by atoms with Gasteiger partial charge in [0.2, 0.25) is 0 Å². The van der Waals surface area contributed by atoms with E-state index in [1.165, 1.54) is 13.8 Å². The summed E-state index contributed by atoms with van der Waals surface area (Å²) >= 11 is 5.40. The Bertz CT molecular complexity index is 1220. The maximum absolute atomic E-state index is 14.2. The molecule has 1 aromatic heterocycles. The summed E-state index contributed by atoms with van der Waals surface area (Å²) in [4.78, 5) is 35.6. The third-order valence-corrected chi connectivity index (χ3v) is 8.25. The van der Waals surface area contributed by atoms with Crippen molar-refractivity contribution in [1.29, 1.82) is 0 Å². The Morgan fingerprint density at radius 2 is 1.79 bits per heavy atom. The largest absolute Gasteiger partial charge is 0.417 e. The highest BCUT2D eigenvalue weighted by molar-refractivity contribution is 7.81. The number of hydrogen-bond donors (Lipinski definition) is 3. The van der Waals surface area contributed by atoms with Crippen molar-refractivity contribution < 1.29 is 45.8 Å². The Morgan fingerprint density at radius 1 is 1.17 bits per heavy atom. The molecule has 9 nitrogen and oxygen atoms in total. The van der Waals surface area contributed by atoms with Crippen LogP contribution < -0.4 is 10.6 Å². The van der Waals surface area contributed by atoms with Gasteiger partial charge in [-0.2, -0.15) is 26.3 Å². The molecule has 0 aromatic carbocycles. The van der Waals surface area contributed by atoms with Crippen molar-refractivity contribution in [3.63, 3.8) is 0 Å². The number of anilines is 1. The van der Waals surface area contributed by atoms with Gasteiger partial charge in [-0.05, 0) is 45.1 Å². The predicted molar refractivity (Wildman–Crippen MR) is 143 cm³/mol. The molecule has 4 heterocycles. The first-order chi connectivity index (χ1) is 19.6. The number of rotatable bonds is 9. The van der Waals surface area contributed by atoms with Gasteiger partial charge in [0.1, 0.15) is 11.9 Å². The van der Waals surface area contributed by atoms with E-state index in [-0.39, 0.29) is 31.0 Å². The summed E-state index contributed by atoms with van der Waals surface area (Å²) < 4.78 is 87.5. The normalized spacial score (nSPS) is 25.8. The number of hydrogen-bond acceptors (Lipinski definition) is 8. The molecule has 2 amide bonds. The molecule has 42 heavy (non-hydrogen) atoms. The highest BCUT2D eigenvalue weighted by Gasteiger charge is 2.46. The average molecular weight is 624 g/mol. The van der Waals surface area contributed by atoms with Crippen LogP contribution in [0.3, 0.4) is 0 Å². The molecule has 0 saturated carbocycles. The molecule has 4 atom stereocenters. The first kappa shape index (κ1) is 32.1.